The largest absolute Gasteiger partial charge is 0.481 e. The molecule has 0 bridgehead atoms. The molecule has 98 valence electrons. The van der Waals surface area contributed by atoms with Gasteiger partial charge in [0.05, 0.1) is 5.92 Å². The van der Waals surface area contributed by atoms with Gasteiger partial charge >= 0.3 is 5.97 Å². The van der Waals surface area contributed by atoms with Crippen molar-refractivity contribution in [3.8, 4) is 0 Å². The van der Waals surface area contributed by atoms with E-state index >= 15 is 0 Å². The quantitative estimate of drug-likeness (QED) is 0.810. The van der Waals surface area contributed by atoms with E-state index in [-0.39, 0.29) is 18.2 Å². The van der Waals surface area contributed by atoms with E-state index in [1.807, 2.05) is 13.8 Å². The summed E-state index contributed by atoms with van der Waals surface area (Å²) in [6.07, 6.45) is 2.11. The van der Waals surface area contributed by atoms with Crippen molar-refractivity contribution in [2.24, 2.45) is 11.8 Å². The first-order valence-corrected chi connectivity index (χ1v) is 5.94. The van der Waals surface area contributed by atoms with Crippen LogP contribution in [0.4, 0.5) is 5.82 Å². The van der Waals surface area contributed by atoms with Crippen molar-refractivity contribution in [1.82, 2.24) is 4.98 Å². The topological polar surface area (TPSA) is 79.3 Å². The predicted octanol–water partition coefficient (Wildman–Crippen LogP) is 2.16. The first-order valence-electron chi connectivity index (χ1n) is 5.94. The summed E-state index contributed by atoms with van der Waals surface area (Å²) in [6, 6.07) is 5.22. The predicted molar refractivity (Wildman–Crippen MR) is 68.1 cm³/mol. The molecule has 1 atom stereocenters. The third-order valence-electron chi connectivity index (χ3n) is 2.74. The van der Waals surface area contributed by atoms with E-state index in [4.69, 9.17) is 5.11 Å². The van der Waals surface area contributed by atoms with E-state index in [1.54, 1.807) is 24.4 Å². The highest BCUT2D eigenvalue weighted by Gasteiger charge is 2.22. The summed E-state index contributed by atoms with van der Waals surface area (Å²) in [5, 5.41) is 11.6. The summed E-state index contributed by atoms with van der Waals surface area (Å²) in [5.41, 5.74) is 0. The van der Waals surface area contributed by atoms with Crippen LogP contribution in [0.2, 0.25) is 0 Å². The van der Waals surface area contributed by atoms with Crippen LogP contribution in [0.1, 0.15) is 26.7 Å². The smallest absolute Gasteiger partial charge is 0.306 e. The maximum atomic E-state index is 11.6. The number of carbonyl (C=O) groups excluding carboxylic acids is 1. The molecule has 0 fully saturated rings. The number of pyridine rings is 1. The highest BCUT2D eigenvalue weighted by molar-refractivity contribution is 5.89. The van der Waals surface area contributed by atoms with Crippen molar-refractivity contribution in [3.05, 3.63) is 24.4 Å². The summed E-state index contributed by atoms with van der Waals surface area (Å²) in [5.74, 6) is -1.04. The summed E-state index contributed by atoms with van der Waals surface area (Å²) in [4.78, 5) is 26.6. The Bertz CT molecular complexity index is 404. The van der Waals surface area contributed by atoms with Crippen molar-refractivity contribution >= 4 is 17.7 Å². The molecule has 0 aliphatic rings. The van der Waals surface area contributed by atoms with Gasteiger partial charge < -0.3 is 10.4 Å². The summed E-state index contributed by atoms with van der Waals surface area (Å²) in [6.45, 7) is 3.69. The zero-order chi connectivity index (χ0) is 13.5. The highest BCUT2D eigenvalue weighted by Crippen LogP contribution is 2.17. The molecule has 5 heteroatoms. The lowest BCUT2D eigenvalue weighted by molar-refractivity contribution is -0.143. The van der Waals surface area contributed by atoms with Gasteiger partial charge in [-0.2, -0.15) is 0 Å². The fraction of sp³-hybridized carbons (Fsp3) is 0.462. The minimum Gasteiger partial charge on any atom is -0.481 e. The van der Waals surface area contributed by atoms with Gasteiger partial charge in [0.15, 0.2) is 0 Å². The lowest BCUT2D eigenvalue weighted by atomic mass is 9.91. The third-order valence-corrected chi connectivity index (χ3v) is 2.74. The second-order valence-corrected chi connectivity index (χ2v) is 4.49. The SMILES string of the molecule is CC(C)[C@H](CCC(=O)Nc1ccccn1)C(=O)O. The van der Waals surface area contributed by atoms with Gasteiger partial charge in [-0.05, 0) is 24.5 Å². The van der Waals surface area contributed by atoms with E-state index < -0.39 is 11.9 Å². The van der Waals surface area contributed by atoms with Crippen LogP contribution in [0, 0.1) is 11.8 Å². The van der Waals surface area contributed by atoms with E-state index in [0.29, 0.717) is 12.2 Å². The Morgan fingerprint density at radius 1 is 1.39 bits per heavy atom. The molecule has 0 radical (unpaired) electrons. The van der Waals surface area contributed by atoms with Crippen LogP contribution in [-0.4, -0.2) is 22.0 Å². The van der Waals surface area contributed by atoms with Gasteiger partial charge in [-0.1, -0.05) is 19.9 Å². The Kier molecular flexibility index (Phi) is 5.30. The molecular formula is C13H18N2O3. The number of aromatic nitrogens is 1. The Morgan fingerprint density at radius 2 is 2.11 bits per heavy atom. The summed E-state index contributed by atoms with van der Waals surface area (Å²) >= 11 is 0. The normalized spacial score (nSPS) is 12.2. The maximum absolute atomic E-state index is 11.6. The molecule has 0 unspecified atom stereocenters. The minimum absolute atomic E-state index is 0.0187. The van der Waals surface area contributed by atoms with Crippen molar-refractivity contribution in [2.45, 2.75) is 26.7 Å². The van der Waals surface area contributed by atoms with Gasteiger partial charge in [0.25, 0.3) is 0 Å². The molecule has 1 aromatic heterocycles. The second-order valence-electron chi connectivity index (χ2n) is 4.49. The number of hydrogen-bond acceptors (Lipinski definition) is 3. The van der Waals surface area contributed by atoms with Crippen molar-refractivity contribution in [3.63, 3.8) is 0 Å². The fourth-order valence-electron chi connectivity index (χ4n) is 1.67. The van der Waals surface area contributed by atoms with Crippen LogP contribution in [0.5, 0.6) is 0 Å². The van der Waals surface area contributed by atoms with Crippen LogP contribution in [0.15, 0.2) is 24.4 Å². The van der Waals surface area contributed by atoms with Gasteiger partial charge in [0.1, 0.15) is 5.82 Å². The number of nitrogens with one attached hydrogen (secondary N) is 1. The average molecular weight is 250 g/mol. The number of carboxylic acid groups (broad SMARTS) is 1. The number of rotatable bonds is 6. The molecule has 0 aliphatic heterocycles. The fourth-order valence-corrected chi connectivity index (χ4v) is 1.67. The Hall–Kier alpha value is -1.91. The van der Waals surface area contributed by atoms with E-state index in [1.165, 1.54) is 0 Å². The van der Waals surface area contributed by atoms with Gasteiger partial charge in [-0.15, -0.1) is 0 Å². The van der Waals surface area contributed by atoms with Crippen LogP contribution >= 0.6 is 0 Å². The number of carbonyl (C=O) groups is 2. The van der Waals surface area contributed by atoms with Crippen LogP contribution in [-0.2, 0) is 9.59 Å². The number of anilines is 1. The monoisotopic (exact) mass is 250 g/mol. The zero-order valence-electron chi connectivity index (χ0n) is 10.6. The number of amides is 1. The highest BCUT2D eigenvalue weighted by atomic mass is 16.4. The number of carboxylic acids is 1. The van der Waals surface area contributed by atoms with Crippen LogP contribution in [0.3, 0.4) is 0 Å². The average Bonchev–Trinajstić information content (AvgIpc) is 2.29. The van der Waals surface area contributed by atoms with Crippen LogP contribution < -0.4 is 5.32 Å². The van der Waals surface area contributed by atoms with Crippen LogP contribution in [0.25, 0.3) is 0 Å². The van der Waals surface area contributed by atoms with Gasteiger partial charge in [-0.25, -0.2) is 4.98 Å². The second kappa shape index (κ2) is 6.74. The molecule has 0 saturated carbocycles. The molecule has 1 aromatic rings. The lowest BCUT2D eigenvalue weighted by Gasteiger charge is -2.15. The molecule has 0 aliphatic carbocycles. The van der Waals surface area contributed by atoms with E-state index in [0.717, 1.165) is 0 Å². The van der Waals surface area contributed by atoms with Gasteiger partial charge in [0, 0.05) is 12.6 Å². The molecule has 0 aromatic carbocycles. The van der Waals surface area contributed by atoms with E-state index in [2.05, 4.69) is 10.3 Å². The molecular weight excluding hydrogens is 232 g/mol. The Morgan fingerprint density at radius 3 is 2.61 bits per heavy atom. The van der Waals surface area contributed by atoms with Crippen molar-refractivity contribution in [1.29, 1.82) is 0 Å². The van der Waals surface area contributed by atoms with E-state index in [9.17, 15) is 9.59 Å². The zero-order valence-corrected chi connectivity index (χ0v) is 10.6. The molecule has 0 saturated heterocycles. The molecule has 2 N–H and O–H groups in total. The molecule has 18 heavy (non-hydrogen) atoms. The first-order chi connectivity index (χ1) is 8.50. The molecule has 1 heterocycles. The summed E-state index contributed by atoms with van der Waals surface area (Å²) < 4.78 is 0. The Labute approximate surface area is 106 Å². The number of nitrogens with zero attached hydrogens (tertiary/aromatic N) is 1. The molecule has 0 spiro atoms. The standard InChI is InChI=1S/C13H18N2O3/c1-9(2)10(13(17)18)6-7-12(16)15-11-5-3-4-8-14-11/h3-5,8-10H,6-7H2,1-2H3,(H,17,18)(H,14,15,16)/t10-/m0/s1. The molecule has 1 amide bonds. The molecule has 1 rings (SSSR count). The van der Waals surface area contributed by atoms with Crippen molar-refractivity contribution in [2.75, 3.05) is 5.32 Å². The number of aliphatic carboxylic acids is 1. The molecule has 5 nitrogen and oxygen atoms in total. The summed E-state index contributed by atoms with van der Waals surface area (Å²) in [7, 11) is 0. The minimum atomic E-state index is -0.851. The maximum Gasteiger partial charge on any atom is 0.306 e. The Balaban J connectivity index is 2.44. The first kappa shape index (κ1) is 14.2. The van der Waals surface area contributed by atoms with Crippen molar-refractivity contribution < 1.29 is 14.7 Å². The third kappa shape index (κ3) is 4.53. The lowest BCUT2D eigenvalue weighted by Crippen LogP contribution is -2.22. The number of hydrogen-bond donors (Lipinski definition) is 2. The van der Waals surface area contributed by atoms with Gasteiger partial charge in [-0.3, -0.25) is 9.59 Å². The van der Waals surface area contributed by atoms with Gasteiger partial charge in [0.2, 0.25) is 5.91 Å².